The van der Waals surface area contributed by atoms with Gasteiger partial charge in [0.05, 0.1) is 12.1 Å². The van der Waals surface area contributed by atoms with Gasteiger partial charge in [0.25, 0.3) is 10.0 Å². The highest BCUT2D eigenvalue weighted by molar-refractivity contribution is 7.89. The van der Waals surface area contributed by atoms with Crippen LogP contribution in [0, 0.1) is 12.3 Å². The molecule has 0 radical (unpaired) electrons. The van der Waals surface area contributed by atoms with Crippen LogP contribution in [0.1, 0.15) is 29.7 Å². The SMILES string of the molecule is Cc1ccc(S(=O)(=O)N[C@@H](CNC(=O)CC2CC(c3ccc(C(=N)N)cc3)=NO2)C(=O)O)o1. The maximum Gasteiger partial charge on any atom is 0.323 e. The first kappa shape index (κ1) is 23.9. The Kier molecular flexibility index (Phi) is 7.13. The Hall–Kier alpha value is -3.71. The van der Waals surface area contributed by atoms with Crippen LogP contribution in [0.25, 0.3) is 0 Å². The van der Waals surface area contributed by atoms with Crippen molar-refractivity contribution in [2.24, 2.45) is 10.9 Å². The van der Waals surface area contributed by atoms with Crippen LogP contribution < -0.4 is 15.8 Å². The van der Waals surface area contributed by atoms with Crippen molar-refractivity contribution in [3.05, 3.63) is 53.3 Å². The molecule has 0 saturated carbocycles. The maximum absolute atomic E-state index is 12.3. The average molecular weight is 477 g/mol. The fourth-order valence-corrected chi connectivity index (χ4v) is 4.19. The highest BCUT2D eigenvalue weighted by Crippen LogP contribution is 2.19. The Labute approximate surface area is 189 Å². The molecule has 33 heavy (non-hydrogen) atoms. The second-order valence-electron chi connectivity index (χ2n) is 7.35. The summed E-state index contributed by atoms with van der Waals surface area (Å²) >= 11 is 0. The summed E-state index contributed by atoms with van der Waals surface area (Å²) in [5, 5.41) is 22.7. The number of benzene rings is 1. The Balaban J connectivity index is 1.51. The maximum atomic E-state index is 12.3. The Morgan fingerprint density at radius 1 is 1.27 bits per heavy atom. The molecule has 0 spiro atoms. The van der Waals surface area contributed by atoms with Crippen LogP contribution in [-0.2, 0) is 24.4 Å². The summed E-state index contributed by atoms with van der Waals surface area (Å²) in [5.41, 5.74) is 7.38. The third-order valence-corrected chi connectivity index (χ3v) is 6.10. The molecule has 0 aliphatic carbocycles. The number of nitrogens with zero attached hydrogens (tertiary/aromatic N) is 1. The lowest BCUT2D eigenvalue weighted by Gasteiger charge is -2.15. The number of carboxylic acids is 1. The molecule has 2 atom stereocenters. The van der Waals surface area contributed by atoms with Gasteiger partial charge in [-0.25, -0.2) is 8.42 Å². The molecule has 1 aliphatic heterocycles. The average Bonchev–Trinajstić information content (AvgIpc) is 3.40. The number of aliphatic carboxylic acids is 1. The van der Waals surface area contributed by atoms with Crippen molar-refractivity contribution in [3.63, 3.8) is 0 Å². The number of rotatable bonds is 10. The van der Waals surface area contributed by atoms with E-state index < -0.39 is 45.7 Å². The standard InChI is InChI=1S/C20H23N5O7S/c1-11-2-7-18(31-11)33(29,30)25-16(20(27)28)10-23-17(26)9-14-8-15(24-32-14)12-3-5-13(6-4-12)19(21)22/h2-7,14,16,25H,8-10H2,1H3,(H3,21,22)(H,23,26)(H,27,28)/t14?,16-/m0/s1. The number of amidine groups is 1. The van der Waals surface area contributed by atoms with Gasteiger partial charge >= 0.3 is 5.97 Å². The van der Waals surface area contributed by atoms with E-state index in [0.717, 1.165) is 5.56 Å². The predicted molar refractivity (Wildman–Crippen MR) is 116 cm³/mol. The molecule has 0 saturated heterocycles. The zero-order valence-electron chi connectivity index (χ0n) is 17.6. The summed E-state index contributed by atoms with van der Waals surface area (Å²) in [5.74, 6) is -1.69. The van der Waals surface area contributed by atoms with E-state index in [0.29, 0.717) is 23.5 Å². The van der Waals surface area contributed by atoms with Gasteiger partial charge in [-0.05, 0) is 24.6 Å². The lowest BCUT2D eigenvalue weighted by atomic mass is 10.0. The summed E-state index contributed by atoms with van der Waals surface area (Å²) in [6.45, 7) is 1.08. The molecule has 2 heterocycles. The van der Waals surface area contributed by atoms with Crippen molar-refractivity contribution < 1.29 is 32.4 Å². The number of carbonyl (C=O) groups is 2. The van der Waals surface area contributed by atoms with E-state index in [2.05, 4.69) is 10.5 Å². The van der Waals surface area contributed by atoms with Crippen LogP contribution in [-0.4, -0.2) is 55.6 Å². The van der Waals surface area contributed by atoms with Crippen LogP contribution in [0.3, 0.4) is 0 Å². The summed E-state index contributed by atoms with van der Waals surface area (Å²) in [4.78, 5) is 29.0. The molecular weight excluding hydrogens is 454 g/mol. The molecule has 176 valence electrons. The second kappa shape index (κ2) is 9.83. The molecule has 0 bridgehead atoms. The minimum Gasteiger partial charge on any atom is -0.480 e. The molecule has 1 unspecified atom stereocenters. The molecule has 0 fully saturated rings. The molecule has 2 aromatic rings. The van der Waals surface area contributed by atoms with Crippen molar-refractivity contribution in [2.75, 3.05) is 6.54 Å². The van der Waals surface area contributed by atoms with Crippen LogP contribution in [0.2, 0.25) is 0 Å². The van der Waals surface area contributed by atoms with Crippen LogP contribution >= 0.6 is 0 Å². The molecular formula is C20H23N5O7S. The third kappa shape index (κ3) is 6.17. The quantitative estimate of drug-likeness (QED) is 0.238. The summed E-state index contributed by atoms with van der Waals surface area (Å²) in [6.07, 6.45) is -0.312. The number of furan rings is 1. The van der Waals surface area contributed by atoms with Crippen LogP contribution in [0.15, 0.2) is 51.1 Å². The lowest BCUT2D eigenvalue weighted by molar-refractivity contribution is -0.138. The van der Waals surface area contributed by atoms with Gasteiger partial charge in [-0.15, -0.1) is 0 Å². The smallest absolute Gasteiger partial charge is 0.323 e. The monoisotopic (exact) mass is 477 g/mol. The molecule has 6 N–H and O–H groups in total. The number of nitrogen functional groups attached to an aromatic ring is 1. The minimum atomic E-state index is -4.21. The van der Waals surface area contributed by atoms with Crippen molar-refractivity contribution >= 4 is 33.4 Å². The molecule has 1 amide bonds. The van der Waals surface area contributed by atoms with E-state index in [1.165, 1.54) is 12.1 Å². The second-order valence-corrected chi connectivity index (χ2v) is 8.99. The van der Waals surface area contributed by atoms with E-state index in [1.54, 1.807) is 31.2 Å². The summed E-state index contributed by atoms with van der Waals surface area (Å²) in [7, 11) is -4.21. The van der Waals surface area contributed by atoms with E-state index in [-0.39, 0.29) is 12.3 Å². The Morgan fingerprint density at radius 3 is 2.55 bits per heavy atom. The molecule has 13 heteroatoms. The lowest BCUT2D eigenvalue weighted by Crippen LogP contribution is -2.48. The molecule has 1 aromatic heterocycles. The number of aryl methyl sites for hydroxylation is 1. The number of oxime groups is 1. The third-order valence-electron chi connectivity index (χ3n) is 4.75. The van der Waals surface area contributed by atoms with E-state index in [1.807, 2.05) is 4.72 Å². The first-order valence-corrected chi connectivity index (χ1v) is 11.3. The minimum absolute atomic E-state index is 0.0538. The highest BCUT2D eigenvalue weighted by Gasteiger charge is 2.29. The fourth-order valence-electron chi connectivity index (χ4n) is 3.03. The molecule has 1 aromatic carbocycles. The van der Waals surface area contributed by atoms with Crippen molar-refractivity contribution in [2.45, 2.75) is 37.0 Å². The number of hydrogen-bond donors (Lipinski definition) is 5. The summed E-state index contributed by atoms with van der Waals surface area (Å²) < 4.78 is 31.6. The van der Waals surface area contributed by atoms with Gasteiger partial charge in [0.2, 0.25) is 11.0 Å². The molecule has 1 aliphatic rings. The first-order valence-electron chi connectivity index (χ1n) is 9.81. The number of amides is 1. The van der Waals surface area contributed by atoms with E-state index >= 15 is 0 Å². The van der Waals surface area contributed by atoms with E-state index in [4.69, 9.17) is 20.4 Å². The van der Waals surface area contributed by atoms with Crippen LogP contribution in [0.4, 0.5) is 0 Å². The highest BCUT2D eigenvalue weighted by atomic mass is 32.2. The van der Waals surface area contributed by atoms with Crippen molar-refractivity contribution in [3.8, 4) is 0 Å². The van der Waals surface area contributed by atoms with Gasteiger partial charge in [0.1, 0.15) is 23.7 Å². The predicted octanol–water partition coefficient (Wildman–Crippen LogP) is 0.303. The zero-order valence-corrected chi connectivity index (χ0v) is 18.4. The van der Waals surface area contributed by atoms with Gasteiger partial charge in [0, 0.05) is 18.5 Å². The topological polar surface area (TPSA) is 197 Å². The molecule has 3 rings (SSSR count). The van der Waals surface area contributed by atoms with Gasteiger partial charge < -0.3 is 25.4 Å². The van der Waals surface area contributed by atoms with Crippen molar-refractivity contribution in [1.82, 2.24) is 10.0 Å². The number of carbonyl (C=O) groups excluding carboxylic acids is 1. The number of sulfonamides is 1. The Bertz CT molecular complexity index is 1190. The number of nitrogens with two attached hydrogens (primary N) is 1. The van der Waals surface area contributed by atoms with Gasteiger partial charge in [-0.1, -0.05) is 29.4 Å². The van der Waals surface area contributed by atoms with Gasteiger partial charge in [0.15, 0.2) is 0 Å². The van der Waals surface area contributed by atoms with Crippen LogP contribution in [0.5, 0.6) is 0 Å². The summed E-state index contributed by atoms with van der Waals surface area (Å²) in [6, 6.07) is 7.88. The number of hydrogen-bond acceptors (Lipinski definition) is 8. The number of nitrogens with one attached hydrogen (secondary N) is 3. The fraction of sp³-hybridized carbons (Fsp3) is 0.300. The van der Waals surface area contributed by atoms with Crippen molar-refractivity contribution in [1.29, 1.82) is 5.41 Å². The first-order chi connectivity index (χ1) is 15.5. The zero-order chi connectivity index (χ0) is 24.2. The number of carboxylic acid groups (broad SMARTS) is 1. The van der Waals surface area contributed by atoms with Gasteiger partial charge in [-0.2, -0.15) is 4.72 Å². The Morgan fingerprint density at radius 2 is 1.97 bits per heavy atom. The normalized spacial score (nSPS) is 16.5. The van der Waals surface area contributed by atoms with E-state index in [9.17, 15) is 23.1 Å². The largest absolute Gasteiger partial charge is 0.480 e. The van der Waals surface area contributed by atoms with Gasteiger partial charge in [-0.3, -0.25) is 15.0 Å². The molecule has 12 nitrogen and oxygen atoms in total.